The van der Waals surface area contributed by atoms with Crippen LogP contribution in [0.15, 0.2) is 48.7 Å². The van der Waals surface area contributed by atoms with E-state index in [0.29, 0.717) is 12.6 Å². The number of hydrogen-bond donors (Lipinski definition) is 2. The van der Waals surface area contributed by atoms with Gasteiger partial charge in [0.25, 0.3) is 0 Å². The van der Waals surface area contributed by atoms with Crippen molar-refractivity contribution in [3.05, 3.63) is 54.4 Å². The van der Waals surface area contributed by atoms with Gasteiger partial charge < -0.3 is 15.0 Å². The first kappa shape index (κ1) is 11.7. The number of ether oxygens (including phenoxy) is 1. The van der Waals surface area contributed by atoms with Crippen molar-refractivity contribution < 1.29 is 4.74 Å². The van der Waals surface area contributed by atoms with E-state index in [9.17, 15) is 0 Å². The van der Waals surface area contributed by atoms with E-state index in [1.807, 2.05) is 49.6 Å². The average Bonchev–Trinajstić information content (AvgIpc) is 2.90. The summed E-state index contributed by atoms with van der Waals surface area (Å²) in [7, 11) is 1.97. The first-order valence-electron chi connectivity index (χ1n) is 5.88. The van der Waals surface area contributed by atoms with E-state index in [0.717, 1.165) is 12.2 Å². The predicted octanol–water partition coefficient (Wildman–Crippen LogP) is 2.74. The smallest absolute Gasteiger partial charge is 0.119 e. The number of H-pyrrole nitrogens is 1. The van der Waals surface area contributed by atoms with Crippen LogP contribution in [0.2, 0.25) is 0 Å². The molecule has 2 aromatic rings. The molecule has 0 spiro atoms. The standard InChI is InChI=1S/C14H18N2O/c1-15-13(14-8-5-10-16-14)9-11-17-12-6-3-2-4-7-12/h2-8,10,13,15-16H,9,11H2,1H3. The zero-order chi connectivity index (χ0) is 11.9. The van der Waals surface area contributed by atoms with Crippen LogP contribution < -0.4 is 10.1 Å². The molecule has 0 saturated carbocycles. The molecule has 0 amide bonds. The minimum atomic E-state index is 0.314. The van der Waals surface area contributed by atoms with Crippen LogP contribution in [-0.4, -0.2) is 18.6 Å². The van der Waals surface area contributed by atoms with Gasteiger partial charge in [-0.25, -0.2) is 0 Å². The van der Waals surface area contributed by atoms with Crippen molar-refractivity contribution in [1.82, 2.24) is 10.3 Å². The fraction of sp³-hybridized carbons (Fsp3) is 0.286. The van der Waals surface area contributed by atoms with Gasteiger partial charge in [-0.3, -0.25) is 0 Å². The van der Waals surface area contributed by atoms with Gasteiger partial charge in [0.05, 0.1) is 12.6 Å². The quantitative estimate of drug-likeness (QED) is 0.800. The van der Waals surface area contributed by atoms with E-state index in [-0.39, 0.29) is 0 Å². The highest BCUT2D eigenvalue weighted by Gasteiger charge is 2.09. The van der Waals surface area contributed by atoms with Crippen LogP contribution in [0.4, 0.5) is 0 Å². The lowest BCUT2D eigenvalue weighted by Crippen LogP contribution is -2.19. The first-order valence-corrected chi connectivity index (χ1v) is 5.88. The maximum Gasteiger partial charge on any atom is 0.119 e. The molecule has 0 aliphatic heterocycles. The van der Waals surface area contributed by atoms with Gasteiger partial charge in [-0.05, 0) is 31.3 Å². The molecule has 2 rings (SSSR count). The fourth-order valence-corrected chi connectivity index (χ4v) is 1.83. The second kappa shape index (κ2) is 6.11. The lowest BCUT2D eigenvalue weighted by atomic mass is 10.1. The van der Waals surface area contributed by atoms with Crippen LogP contribution in [-0.2, 0) is 0 Å². The Balaban J connectivity index is 1.81. The molecule has 1 aromatic heterocycles. The Morgan fingerprint density at radius 3 is 2.65 bits per heavy atom. The topological polar surface area (TPSA) is 37.0 Å². The van der Waals surface area contributed by atoms with Gasteiger partial charge in [0.2, 0.25) is 0 Å². The normalized spacial score (nSPS) is 12.3. The number of benzene rings is 1. The van der Waals surface area contributed by atoms with Crippen LogP contribution in [0.3, 0.4) is 0 Å². The summed E-state index contributed by atoms with van der Waals surface area (Å²) in [5.41, 5.74) is 1.20. The molecular weight excluding hydrogens is 212 g/mol. The number of rotatable bonds is 6. The van der Waals surface area contributed by atoms with Crippen molar-refractivity contribution in [3.8, 4) is 5.75 Å². The summed E-state index contributed by atoms with van der Waals surface area (Å²) in [6, 6.07) is 14.3. The number of nitrogens with one attached hydrogen (secondary N) is 2. The Kier molecular flexibility index (Phi) is 4.22. The summed E-state index contributed by atoms with van der Waals surface area (Å²) < 4.78 is 5.68. The van der Waals surface area contributed by atoms with Crippen LogP contribution in [0.25, 0.3) is 0 Å². The summed E-state index contributed by atoms with van der Waals surface area (Å²) in [4.78, 5) is 3.22. The highest BCUT2D eigenvalue weighted by Crippen LogP contribution is 2.15. The van der Waals surface area contributed by atoms with Gasteiger partial charge in [0.1, 0.15) is 5.75 Å². The Bertz CT molecular complexity index is 411. The van der Waals surface area contributed by atoms with Gasteiger partial charge in [0, 0.05) is 18.3 Å². The molecule has 2 N–H and O–H groups in total. The lowest BCUT2D eigenvalue weighted by molar-refractivity contribution is 0.289. The zero-order valence-corrected chi connectivity index (χ0v) is 10.0. The fourth-order valence-electron chi connectivity index (χ4n) is 1.83. The Labute approximate surface area is 102 Å². The minimum Gasteiger partial charge on any atom is -0.494 e. The minimum absolute atomic E-state index is 0.314. The third kappa shape index (κ3) is 3.36. The summed E-state index contributed by atoms with van der Waals surface area (Å²) in [5.74, 6) is 0.925. The van der Waals surface area contributed by atoms with Gasteiger partial charge in [0.15, 0.2) is 0 Å². The average molecular weight is 230 g/mol. The van der Waals surface area contributed by atoms with E-state index in [1.165, 1.54) is 5.69 Å². The zero-order valence-electron chi connectivity index (χ0n) is 10.0. The predicted molar refractivity (Wildman–Crippen MR) is 69.1 cm³/mol. The molecule has 3 nitrogen and oxygen atoms in total. The summed E-state index contributed by atoms with van der Waals surface area (Å²) in [6.07, 6.45) is 2.88. The van der Waals surface area contributed by atoms with Crippen molar-refractivity contribution in [1.29, 1.82) is 0 Å². The van der Waals surface area contributed by atoms with Crippen LogP contribution >= 0.6 is 0 Å². The Hall–Kier alpha value is -1.74. The molecule has 0 saturated heterocycles. The van der Waals surface area contributed by atoms with Gasteiger partial charge >= 0.3 is 0 Å². The summed E-state index contributed by atoms with van der Waals surface area (Å²) in [6.45, 7) is 0.703. The third-order valence-corrected chi connectivity index (χ3v) is 2.76. The highest BCUT2D eigenvalue weighted by atomic mass is 16.5. The van der Waals surface area contributed by atoms with E-state index < -0.39 is 0 Å². The van der Waals surface area contributed by atoms with Crippen molar-refractivity contribution >= 4 is 0 Å². The molecule has 0 aliphatic rings. The molecule has 0 radical (unpaired) electrons. The molecule has 1 heterocycles. The number of para-hydroxylation sites is 1. The monoisotopic (exact) mass is 230 g/mol. The van der Waals surface area contributed by atoms with E-state index in [2.05, 4.69) is 16.4 Å². The van der Waals surface area contributed by atoms with E-state index in [1.54, 1.807) is 0 Å². The molecule has 0 aliphatic carbocycles. The largest absolute Gasteiger partial charge is 0.494 e. The van der Waals surface area contributed by atoms with E-state index >= 15 is 0 Å². The number of aromatic amines is 1. The van der Waals surface area contributed by atoms with Gasteiger partial charge in [-0.2, -0.15) is 0 Å². The SMILES string of the molecule is CNC(CCOc1ccccc1)c1ccc[nH]1. The molecule has 1 atom stereocenters. The van der Waals surface area contributed by atoms with Crippen LogP contribution in [0, 0.1) is 0 Å². The van der Waals surface area contributed by atoms with Crippen molar-refractivity contribution in [3.63, 3.8) is 0 Å². The Morgan fingerprint density at radius 2 is 2.00 bits per heavy atom. The molecule has 0 fully saturated rings. The van der Waals surface area contributed by atoms with E-state index in [4.69, 9.17) is 4.74 Å². The lowest BCUT2D eigenvalue weighted by Gasteiger charge is -2.15. The summed E-state index contributed by atoms with van der Waals surface area (Å²) >= 11 is 0. The second-order valence-electron chi connectivity index (χ2n) is 3.92. The molecule has 17 heavy (non-hydrogen) atoms. The summed E-state index contributed by atoms with van der Waals surface area (Å²) in [5, 5.41) is 3.28. The third-order valence-electron chi connectivity index (χ3n) is 2.76. The van der Waals surface area contributed by atoms with Crippen molar-refractivity contribution in [2.45, 2.75) is 12.5 Å². The van der Waals surface area contributed by atoms with Crippen molar-refractivity contribution in [2.24, 2.45) is 0 Å². The van der Waals surface area contributed by atoms with Crippen LogP contribution in [0.5, 0.6) is 5.75 Å². The number of hydrogen-bond acceptors (Lipinski definition) is 2. The number of aromatic nitrogens is 1. The van der Waals surface area contributed by atoms with Crippen LogP contribution in [0.1, 0.15) is 18.2 Å². The molecular formula is C14H18N2O. The van der Waals surface area contributed by atoms with Gasteiger partial charge in [-0.1, -0.05) is 18.2 Å². The van der Waals surface area contributed by atoms with Gasteiger partial charge in [-0.15, -0.1) is 0 Å². The molecule has 1 unspecified atom stereocenters. The highest BCUT2D eigenvalue weighted by molar-refractivity contribution is 5.20. The Morgan fingerprint density at radius 1 is 1.18 bits per heavy atom. The molecule has 1 aromatic carbocycles. The van der Waals surface area contributed by atoms with Crippen molar-refractivity contribution in [2.75, 3.05) is 13.7 Å². The molecule has 90 valence electrons. The maximum atomic E-state index is 5.68. The molecule has 3 heteroatoms. The second-order valence-corrected chi connectivity index (χ2v) is 3.92. The first-order chi connectivity index (χ1) is 8.40. The molecule has 0 bridgehead atoms. The maximum absolute atomic E-state index is 5.68.